The van der Waals surface area contributed by atoms with Crippen LogP contribution in [0.4, 0.5) is 0 Å². The van der Waals surface area contributed by atoms with Crippen LogP contribution in [0.15, 0.2) is 0 Å². The normalized spacial score (nSPS) is 22.7. The SMILES string of the molecule is CC(C(=O)OCC(=O)NC1CCCCCCC1)N1CCOCC1. The Morgan fingerprint density at radius 1 is 1.13 bits per heavy atom. The molecule has 0 aromatic carbocycles. The van der Waals surface area contributed by atoms with Gasteiger partial charge in [0, 0.05) is 19.1 Å². The summed E-state index contributed by atoms with van der Waals surface area (Å²) < 4.78 is 10.5. The monoisotopic (exact) mass is 326 g/mol. The second-order valence-corrected chi connectivity index (χ2v) is 6.54. The molecule has 2 rings (SSSR count). The van der Waals surface area contributed by atoms with E-state index in [1.165, 1.54) is 32.1 Å². The Balaban J connectivity index is 1.67. The first-order valence-electron chi connectivity index (χ1n) is 8.94. The van der Waals surface area contributed by atoms with Crippen molar-refractivity contribution >= 4 is 11.9 Å². The standard InChI is InChI=1S/C17H30N2O4/c1-14(19-9-11-22-12-10-19)17(21)23-13-16(20)18-15-7-5-3-2-4-6-8-15/h14-15H,2-13H2,1H3,(H,18,20). The summed E-state index contributed by atoms with van der Waals surface area (Å²) in [5.41, 5.74) is 0. The lowest BCUT2D eigenvalue weighted by atomic mass is 9.97. The van der Waals surface area contributed by atoms with Crippen LogP contribution in [-0.4, -0.2) is 61.8 Å². The molecule has 1 heterocycles. The van der Waals surface area contributed by atoms with E-state index >= 15 is 0 Å². The summed E-state index contributed by atoms with van der Waals surface area (Å²) in [6.45, 7) is 4.37. The van der Waals surface area contributed by atoms with Crippen molar-refractivity contribution in [2.24, 2.45) is 0 Å². The van der Waals surface area contributed by atoms with Crippen LogP contribution < -0.4 is 5.32 Å². The molecule has 1 saturated carbocycles. The first kappa shape index (κ1) is 18.2. The van der Waals surface area contributed by atoms with Crippen molar-refractivity contribution in [2.45, 2.75) is 64.0 Å². The Morgan fingerprint density at radius 3 is 2.39 bits per heavy atom. The number of carbonyl (C=O) groups excluding carboxylic acids is 2. The number of esters is 1. The number of morpholine rings is 1. The van der Waals surface area contributed by atoms with Crippen molar-refractivity contribution in [1.82, 2.24) is 10.2 Å². The molecule has 2 fully saturated rings. The minimum absolute atomic E-state index is 0.177. The molecular weight excluding hydrogens is 296 g/mol. The third-order valence-corrected chi connectivity index (χ3v) is 4.75. The number of nitrogens with zero attached hydrogens (tertiary/aromatic N) is 1. The highest BCUT2D eigenvalue weighted by Gasteiger charge is 2.25. The average molecular weight is 326 g/mol. The van der Waals surface area contributed by atoms with E-state index < -0.39 is 0 Å². The van der Waals surface area contributed by atoms with E-state index in [4.69, 9.17) is 9.47 Å². The van der Waals surface area contributed by atoms with E-state index in [1.54, 1.807) is 0 Å². The van der Waals surface area contributed by atoms with Crippen LogP contribution >= 0.6 is 0 Å². The summed E-state index contributed by atoms with van der Waals surface area (Å²) in [7, 11) is 0. The highest BCUT2D eigenvalue weighted by Crippen LogP contribution is 2.17. The number of amides is 1. The zero-order chi connectivity index (χ0) is 16.5. The molecule has 0 spiro atoms. The summed E-state index contributed by atoms with van der Waals surface area (Å²) in [6.07, 6.45) is 8.19. The molecule has 0 aromatic heterocycles. The molecule has 6 heteroatoms. The van der Waals surface area contributed by atoms with Gasteiger partial charge in [0.1, 0.15) is 6.04 Å². The van der Waals surface area contributed by atoms with Gasteiger partial charge >= 0.3 is 5.97 Å². The van der Waals surface area contributed by atoms with Crippen molar-refractivity contribution in [1.29, 1.82) is 0 Å². The second-order valence-electron chi connectivity index (χ2n) is 6.54. The van der Waals surface area contributed by atoms with E-state index in [9.17, 15) is 9.59 Å². The number of carbonyl (C=O) groups is 2. The predicted octanol–water partition coefficient (Wildman–Crippen LogP) is 1.48. The fraction of sp³-hybridized carbons (Fsp3) is 0.882. The second kappa shape index (κ2) is 9.88. The van der Waals surface area contributed by atoms with Gasteiger partial charge in [-0.05, 0) is 19.8 Å². The van der Waals surface area contributed by atoms with Crippen molar-refractivity contribution in [2.75, 3.05) is 32.9 Å². The van der Waals surface area contributed by atoms with E-state index in [0.717, 1.165) is 25.9 Å². The Hall–Kier alpha value is -1.14. The molecule has 1 aliphatic carbocycles. The Kier molecular flexibility index (Phi) is 7.82. The van der Waals surface area contributed by atoms with Gasteiger partial charge in [0.15, 0.2) is 6.61 Å². The number of ether oxygens (including phenoxy) is 2. The van der Waals surface area contributed by atoms with E-state index in [2.05, 4.69) is 5.32 Å². The maximum Gasteiger partial charge on any atom is 0.323 e. The average Bonchev–Trinajstić information content (AvgIpc) is 2.55. The number of nitrogens with one attached hydrogen (secondary N) is 1. The van der Waals surface area contributed by atoms with Gasteiger partial charge in [0.2, 0.25) is 0 Å². The van der Waals surface area contributed by atoms with Crippen LogP contribution in [0.3, 0.4) is 0 Å². The van der Waals surface area contributed by atoms with Crippen LogP contribution in [-0.2, 0) is 19.1 Å². The lowest BCUT2D eigenvalue weighted by Gasteiger charge is -2.30. The topological polar surface area (TPSA) is 67.9 Å². The molecule has 1 atom stereocenters. The third kappa shape index (κ3) is 6.47. The molecule has 6 nitrogen and oxygen atoms in total. The molecule has 0 aromatic rings. The van der Waals surface area contributed by atoms with Crippen molar-refractivity contribution in [3.63, 3.8) is 0 Å². The van der Waals surface area contributed by atoms with Gasteiger partial charge in [0.05, 0.1) is 13.2 Å². The minimum Gasteiger partial charge on any atom is -0.454 e. The minimum atomic E-state index is -0.334. The lowest BCUT2D eigenvalue weighted by molar-refractivity contribution is -0.154. The fourth-order valence-electron chi connectivity index (χ4n) is 3.24. The summed E-state index contributed by atoms with van der Waals surface area (Å²) in [6, 6.07) is -0.0914. The van der Waals surface area contributed by atoms with Crippen molar-refractivity contribution in [3.8, 4) is 0 Å². The Morgan fingerprint density at radius 2 is 1.74 bits per heavy atom. The van der Waals surface area contributed by atoms with Gasteiger partial charge in [-0.3, -0.25) is 14.5 Å². The van der Waals surface area contributed by atoms with Crippen LogP contribution in [0.25, 0.3) is 0 Å². The molecule has 1 amide bonds. The molecule has 0 bridgehead atoms. The van der Waals surface area contributed by atoms with Crippen LogP contribution in [0, 0.1) is 0 Å². The Bertz CT molecular complexity index is 375. The quantitative estimate of drug-likeness (QED) is 0.775. The fourth-order valence-corrected chi connectivity index (χ4v) is 3.24. The molecular formula is C17H30N2O4. The highest BCUT2D eigenvalue weighted by molar-refractivity contribution is 5.82. The molecule has 0 radical (unpaired) electrons. The van der Waals surface area contributed by atoms with Crippen molar-refractivity contribution in [3.05, 3.63) is 0 Å². The third-order valence-electron chi connectivity index (χ3n) is 4.75. The largest absolute Gasteiger partial charge is 0.454 e. The van der Waals surface area contributed by atoms with E-state index in [-0.39, 0.29) is 30.6 Å². The first-order chi connectivity index (χ1) is 11.2. The number of hydrogen-bond acceptors (Lipinski definition) is 5. The summed E-state index contributed by atoms with van der Waals surface area (Å²) in [5.74, 6) is -0.516. The Labute approximate surface area is 138 Å². The zero-order valence-corrected chi connectivity index (χ0v) is 14.2. The van der Waals surface area contributed by atoms with E-state index in [0.29, 0.717) is 13.2 Å². The first-order valence-corrected chi connectivity index (χ1v) is 8.94. The van der Waals surface area contributed by atoms with Gasteiger partial charge in [-0.2, -0.15) is 0 Å². The van der Waals surface area contributed by atoms with Gasteiger partial charge in [-0.1, -0.05) is 32.1 Å². The summed E-state index contributed by atoms with van der Waals surface area (Å²) in [4.78, 5) is 26.1. The lowest BCUT2D eigenvalue weighted by Crippen LogP contribution is -2.47. The van der Waals surface area contributed by atoms with Gasteiger partial charge < -0.3 is 14.8 Å². The maximum atomic E-state index is 12.1. The highest BCUT2D eigenvalue weighted by atomic mass is 16.5. The molecule has 1 saturated heterocycles. The molecule has 23 heavy (non-hydrogen) atoms. The van der Waals surface area contributed by atoms with Crippen LogP contribution in [0.5, 0.6) is 0 Å². The maximum absolute atomic E-state index is 12.1. The molecule has 2 aliphatic rings. The van der Waals surface area contributed by atoms with Gasteiger partial charge in [-0.15, -0.1) is 0 Å². The smallest absolute Gasteiger partial charge is 0.323 e. The number of rotatable bonds is 5. The zero-order valence-electron chi connectivity index (χ0n) is 14.2. The van der Waals surface area contributed by atoms with E-state index in [1.807, 2.05) is 11.8 Å². The molecule has 1 aliphatic heterocycles. The molecule has 1 unspecified atom stereocenters. The summed E-state index contributed by atoms with van der Waals surface area (Å²) in [5, 5.41) is 3.01. The molecule has 1 N–H and O–H groups in total. The number of hydrogen-bond donors (Lipinski definition) is 1. The van der Waals surface area contributed by atoms with Gasteiger partial charge in [-0.25, -0.2) is 0 Å². The molecule has 132 valence electrons. The summed E-state index contributed by atoms with van der Waals surface area (Å²) >= 11 is 0. The van der Waals surface area contributed by atoms with Crippen LogP contribution in [0.1, 0.15) is 51.9 Å². The van der Waals surface area contributed by atoms with Crippen molar-refractivity contribution < 1.29 is 19.1 Å². The predicted molar refractivity (Wildman–Crippen MR) is 87.1 cm³/mol. The van der Waals surface area contributed by atoms with Crippen LogP contribution in [0.2, 0.25) is 0 Å². The van der Waals surface area contributed by atoms with Gasteiger partial charge in [0.25, 0.3) is 5.91 Å².